The molecule has 34 heavy (non-hydrogen) atoms. The Morgan fingerprint density at radius 1 is 1.32 bits per heavy atom. The van der Waals surface area contributed by atoms with E-state index in [1.807, 2.05) is 5.32 Å². The Balaban J connectivity index is 1.73. The molecule has 2 aromatic rings. The number of rotatable bonds is 4. The second-order valence-electron chi connectivity index (χ2n) is 7.99. The summed E-state index contributed by atoms with van der Waals surface area (Å²) in [5.41, 5.74) is -0.234. The molecular weight excluding hydrogens is 491 g/mol. The first-order chi connectivity index (χ1) is 16.1. The monoisotopic (exact) mass is 511 g/mol. The average molecular weight is 511 g/mol. The van der Waals surface area contributed by atoms with Gasteiger partial charge in [0.25, 0.3) is 10.0 Å². The van der Waals surface area contributed by atoms with Gasteiger partial charge in [0.1, 0.15) is 17.7 Å². The van der Waals surface area contributed by atoms with Gasteiger partial charge in [-0.05, 0) is 24.6 Å². The van der Waals surface area contributed by atoms with Crippen LogP contribution < -0.4 is 5.32 Å². The molecule has 0 bridgehead atoms. The maximum absolute atomic E-state index is 14.4. The van der Waals surface area contributed by atoms with Crippen LogP contribution in [0.2, 0.25) is 0 Å². The van der Waals surface area contributed by atoms with Crippen LogP contribution in [-0.4, -0.2) is 64.3 Å². The van der Waals surface area contributed by atoms with Crippen molar-refractivity contribution < 1.29 is 46.4 Å². The zero-order chi connectivity index (χ0) is 25.9. The third kappa shape index (κ3) is 4.72. The molecule has 1 amide bonds. The minimum absolute atomic E-state index is 0.129. The number of carboxylic acid groups (broad SMARTS) is 1. The smallest absolute Gasteiger partial charge is 0.416 e. The van der Waals surface area contributed by atoms with Gasteiger partial charge in [-0.1, -0.05) is 0 Å². The molecule has 0 radical (unpaired) electrons. The molecule has 9 nitrogen and oxygen atoms in total. The Labute approximate surface area is 191 Å². The normalized spacial score (nSPS) is 28.4. The molecular formula is C19H19F5N4O5S. The van der Waals surface area contributed by atoms with Crippen LogP contribution in [0, 0.1) is 11.6 Å². The van der Waals surface area contributed by atoms with Crippen LogP contribution in [0.5, 0.6) is 0 Å². The van der Waals surface area contributed by atoms with Gasteiger partial charge >= 0.3 is 12.3 Å². The second-order valence-corrected chi connectivity index (χ2v) is 9.83. The number of nitrogens with one attached hydrogen (secondary N) is 1. The summed E-state index contributed by atoms with van der Waals surface area (Å²) < 4.78 is 109. The largest absolute Gasteiger partial charge is 0.465 e. The highest BCUT2D eigenvalue weighted by Crippen LogP contribution is 2.43. The Morgan fingerprint density at radius 3 is 2.62 bits per heavy atom. The molecule has 0 saturated carbocycles. The Bertz CT molecular complexity index is 1250. The molecule has 1 saturated heterocycles. The lowest BCUT2D eigenvalue weighted by Crippen LogP contribution is -2.59. The molecule has 186 valence electrons. The minimum Gasteiger partial charge on any atom is -0.465 e. The summed E-state index contributed by atoms with van der Waals surface area (Å²) >= 11 is 0. The molecule has 0 aliphatic carbocycles. The van der Waals surface area contributed by atoms with Gasteiger partial charge < -0.3 is 15.2 Å². The third-order valence-corrected chi connectivity index (χ3v) is 6.42. The second kappa shape index (κ2) is 8.46. The van der Waals surface area contributed by atoms with E-state index in [-0.39, 0.29) is 24.3 Å². The quantitative estimate of drug-likeness (QED) is 0.606. The van der Waals surface area contributed by atoms with E-state index in [9.17, 15) is 40.3 Å². The first kappa shape index (κ1) is 23.0. The molecule has 0 spiro atoms. The van der Waals surface area contributed by atoms with E-state index in [0.717, 1.165) is 23.4 Å². The van der Waals surface area contributed by atoms with Crippen LogP contribution in [0.1, 0.15) is 30.7 Å². The van der Waals surface area contributed by atoms with Crippen molar-refractivity contribution in [2.45, 2.75) is 50.0 Å². The number of fused-ring (bicyclic) bond motifs is 1. The van der Waals surface area contributed by atoms with Gasteiger partial charge in [-0.25, -0.2) is 22.0 Å². The lowest BCUT2D eigenvalue weighted by molar-refractivity contribution is -0.270. The standard InChI is InChI=1S/C19H19F5N4O5S/c1-34(31,32)28-7-9-6-27(8-14(9)26-28)15-5-13(25-18(29)30)16(33-17(15)19(22,23)24)11-4-10(20)2-3-12(11)21/h2-4,7,13,15-17,25H,5-6,8H2,1H3,(H,29,30)/t13-,15+,16+,17-/m0/s1/i15D. The van der Waals surface area contributed by atoms with Crippen molar-refractivity contribution in [2.75, 3.05) is 6.26 Å². The Hall–Kier alpha value is -2.78. The molecule has 3 heterocycles. The van der Waals surface area contributed by atoms with Crippen molar-refractivity contribution in [2.24, 2.45) is 0 Å². The zero-order valence-electron chi connectivity index (χ0n) is 18.4. The third-order valence-electron chi connectivity index (χ3n) is 5.55. The number of hydrogen-bond acceptors (Lipinski definition) is 6. The lowest BCUT2D eigenvalue weighted by atomic mass is 9.88. The van der Waals surface area contributed by atoms with Gasteiger partial charge in [0.15, 0.2) is 6.10 Å². The van der Waals surface area contributed by atoms with Crippen LogP contribution in [0.3, 0.4) is 0 Å². The maximum Gasteiger partial charge on any atom is 0.416 e. The van der Waals surface area contributed by atoms with E-state index < -0.39 is 70.2 Å². The summed E-state index contributed by atoms with van der Waals surface area (Å²) in [5, 5.41) is 15.0. The summed E-state index contributed by atoms with van der Waals surface area (Å²) in [7, 11) is -3.75. The fourth-order valence-corrected chi connectivity index (χ4v) is 4.69. The average Bonchev–Trinajstić information content (AvgIpc) is 3.28. The summed E-state index contributed by atoms with van der Waals surface area (Å²) in [6.45, 7) is -0.654. The summed E-state index contributed by atoms with van der Waals surface area (Å²) in [6.07, 6.45) is -10.3. The van der Waals surface area contributed by atoms with Gasteiger partial charge in [-0.2, -0.15) is 22.4 Å². The van der Waals surface area contributed by atoms with E-state index in [4.69, 9.17) is 6.11 Å². The summed E-state index contributed by atoms with van der Waals surface area (Å²) in [4.78, 5) is 12.4. The van der Waals surface area contributed by atoms with Crippen LogP contribution in [-0.2, 0) is 27.8 Å². The topological polar surface area (TPSA) is 114 Å². The van der Waals surface area contributed by atoms with Crippen molar-refractivity contribution in [3.63, 3.8) is 0 Å². The summed E-state index contributed by atoms with van der Waals surface area (Å²) in [5.74, 6) is -2.08. The molecule has 1 aromatic heterocycles. The maximum atomic E-state index is 14.4. The van der Waals surface area contributed by atoms with E-state index in [0.29, 0.717) is 16.2 Å². The highest BCUT2D eigenvalue weighted by molar-refractivity contribution is 7.89. The van der Waals surface area contributed by atoms with Gasteiger partial charge in [-0.15, -0.1) is 0 Å². The molecule has 1 aromatic carbocycles. The van der Waals surface area contributed by atoms with Gasteiger partial charge in [-0.3, -0.25) is 4.90 Å². The molecule has 2 N–H and O–H groups in total. The van der Waals surface area contributed by atoms with Crippen LogP contribution in [0.4, 0.5) is 26.7 Å². The molecule has 2 aliphatic heterocycles. The van der Waals surface area contributed by atoms with Crippen molar-refractivity contribution in [3.05, 3.63) is 52.9 Å². The molecule has 0 unspecified atom stereocenters. The molecule has 15 heteroatoms. The molecule has 1 fully saturated rings. The van der Waals surface area contributed by atoms with Crippen LogP contribution in [0.15, 0.2) is 24.4 Å². The van der Waals surface area contributed by atoms with Crippen molar-refractivity contribution in [1.29, 1.82) is 0 Å². The fourth-order valence-electron chi connectivity index (χ4n) is 4.13. The first-order valence-corrected chi connectivity index (χ1v) is 11.6. The van der Waals surface area contributed by atoms with Gasteiger partial charge in [0.05, 0.1) is 18.0 Å². The summed E-state index contributed by atoms with van der Waals surface area (Å²) in [6, 6.07) is -2.13. The number of halogens is 5. The van der Waals surface area contributed by atoms with E-state index >= 15 is 0 Å². The van der Waals surface area contributed by atoms with Crippen molar-refractivity contribution >= 4 is 16.1 Å². The number of carbonyl (C=O) groups is 1. The van der Waals surface area contributed by atoms with Gasteiger partial charge in [0.2, 0.25) is 0 Å². The van der Waals surface area contributed by atoms with Gasteiger partial charge in [0, 0.05) is 37.8 Å². The Morgan fingerprint density at radius 2 is 2.03 bits per heavy atom. The van der Waals surface area contributed by atoms with Crippen LogP contribution >= 0.6 is 0 Å². The first-order valence-electron chi connectivity index (χ1n) is 10.3. The molecule has 4 atom stereocenters. The van der Waals surface area contributed by atoms with E-state index in [1.165, 1.54) is 0 Å². The predicted octanol–water partition coefficient (Wildman–Crippen LogP) is 2.38. The number of benzene rings is 1. The number of nitrogens with zero attached hydrogens (tertiary/aromatic N) is 3. The Kier molecular flexibility index (Phi) is 5.72. The number of amides is 1. The minimum atomic E-state index is -5.15. The fraction of sp³-hybridized carbons (Fsp3) is 0.474. The number of alkyl halides is 3. The van der Waals surface area contributed by atoms with E-state index in [2.05, 4.69) is 5.10 Å². The van der Waals surface area contributed by atoms with E-state index in [1.54, 1.807) is 0 Å². The number of hydrogen-bond donors (Lipinski definition) is 2. The number of ether oxygens (including phenoxy) is 1. The highest BCUT2D eigenvalue weighted by atomic mass is 32.2. The van der Waals surface area contributed by atoms with Crippen molar-refractivity contribution in [1.82, 2.24) is 19.4 Å². The lowest BCUT2D eigenvalue weighted by Gasteiger charge is -2.45. The predicted molar refractivity (Wildman–Crippen MR) is 105 cm³/mol. The van der Waals surface area contributed by atoms with Crippen molar-refractivity contribution in [3.8, 4) is 0 Å². The molecule has 2 aliphatic rings. The highest BCUT2D eigenvalue weighted by Gasteiger charge is 2.55. The number of aromatic nitrogens is 2. The SMILES string of the molecule is [2H][C@@]1(N2Cc3cn(S(C)(=O)=O)nc3C2)C[C@H](NC(=O)O)[C@@H](c2cc(F)ccc2F)O[C@@H]1C(F)(F)F. The van der Waals surface area contributed by atoms with Crippen LogP contribution in [0.25, 0.3) is 0 Å². The molecule has 4 rings (SSSR count). The zero-order valence-corrected chi connectivity index (χ0v) is 18.2.